The molecule has 6 heteroatoms. The van der Waals surface area contributed by atoms with Crippen LogP contribution < -0.4 is 4.74 Å². The summed E-state index contributed by atoms with van der Waals surface area (Å²) >= 11 is 3.39. The van der Waals surface area contributed by atoms with Crippen LogP contribution in [0.3, 0.4) is 0 Å². The highest BCUT2D eigenvalue weighted by atomic mass is 79.9. The van der Waals surface area contributed by atoms with E-state index in [2.05, 4.69) is 15.9 Å². The van der Waals surface area contributed by atoms with Crippen molar-refractivity contribution in [2.45, 2.75) is 19.6 Å². The molecule has 2 aromatic carbocycles. The molecule has 1 aliphatic heterocycles. The molecule has 0 saturated heterocycles. The van der Waals surface area contributed by atoms with E-state index in [0.29, 0.717) is 30.1 Å². The Bertz CT molecular complexity index is 804. The summed E-state index contributed by atoms with van der Waals surface area (Å²) in [5.74, 6) is -0.0354. The lowest BCUT2D eigenvalue weighted by Crippen LogP contribution is -2.40. The number of hydrogen-bond donors (Lipinski definition) is 0. The number of benzene rings is 2. The Balaban J connectivity index is 1.76. The van der Waals surface area contributed by atoms with Gasteiger partial charge in [-0.25, -0.2) is 0 Å². The maximum atomic E-state index is 12.6. The first kappa shape index (κ1) is 17.6. The molecular formula is C19H18BrNO4. The molecule has 0 saturated carbocycles. The van der Waals surface area contributed by atoms with Gasteiger partial charge in [-0.1, -0.05) is 28.1 Å². The van der Waals surface area contributed by atoms with Gasteiger partial charge >= 0.3 is 0 Å². The molecule has 0 N–H and O–H groups in total. The number of methoxy groups -OCH3 is 1. The van der Waals surface area contributed by atoms with Gasteiger partial charge in [-0.2, -0.15) is 0 Å². The first-order valence-electron chi connectivity index (χ1n) is 7.89. The summed E-state index contributed by atoms with van der Waals surface area (Å²) in [4.78, 5) is 26.3. The summed E-state index contributed by atoms with van der Waals surface area (Å²) in [7, 11) is 1.54. The summed E-state index contributed by atoms with van der Waals surface area (Å²) in [5.41, 5.74) is 1.80. The van der Waals surface area contributed by atoms with E-state index in [1.807, 2.05) is 24.3 Å². The van der Waals surface area contributed by atoms with E-state index in [1.54, 1.807) is 32.2 Å². The molecule has 0 aromatic heterocycles. The van der Waals surface area contributed by atoms with E-state index < -0.39 is 0 Å². The first-order chi connectivity index (χ1) is 12.0. The monoisotopic (exact) mass is 403 g/mol. The van der Waals surface area contributed by atoms with Gasteiger partial charge in [0.1, 0.15) is 12.4 Å². The minimum atomic E-state index is -0.315. The molecule has 1 aliphatic rings. The van der Waals surface area contributed by atoms with Crippen molar-refractivity contribution in [3.63, 3.8) is 0 Å². The van der Waals surface area contributed by atoms with Gasteiger partial charge in [-0.05, 0) is 42.8 Å². The number of ether oxygens (including phenoxy) is 2. The molecule has 5 nitrogen and oxygen atoms in total. The Morgan fingerprint density at radius 2 is 1.72 bits per heavy atom. The number of amides is 2. The van der Waals surface area contributed by atoms with Gasteiger partial charge in [-0.15, -0.1) is 0 Å². The molecule has 0 spiro atoms. The number of carbonyl (C=O) groups excluding carboxylic acids is 2. The molecule has 0 aliphatic carbocycles. The number of nitrogens with zero attached hydrogens (tertiary/aromatic N) is 1. The number of rotatable bonds is 6. The largest absolute Gasteiger partial charge is 0.489 e. The van der Waals surface area contributed by atoms with E-state index in [0.717, 1.165) is 10.0 Å². The van der Waals surface area contributed by atoms with Crippen molar-refractivity contribution in [1.29, 1.82) is 0 Å². The predicted octanol–water partition coefficient (Wildman–Crippen LogP) is 3.66. The van der Waals surface area contributed by atoms with Crippen molar-refractivity contribution >= 4 is 27.7 Å². The van der Waals surface area contributed by atoms with Crippen LogP contribution in [0.4, 0.5) is 0 Å². The fourth-order valence-corrected chi connectivity index (χ4v) is 3.06. The Hall–Kier alpha value is -2.18. The minimum absolute atomic E-state index is 0.288. The third-order valence-corrected chi connectivity index (χ3v) is 4.59. The Labute approximate surface area is 154 Å². The van der Waals surface area contributed by atoms with Crippen LogP contribution in [0.15, 0.2) is 46.9 Å². The second kappa shape index (κ2) is 7.37. The van der Waals surface area contributed by atoms with E-state index in [4.69, 9.17) is 9.47 Å². The van der Waals surface area contributed by atoms with Crippen LogP contribution in [0.25, 0.3) is 0 Å². The van der Waals surface area contributed by atoms with Crippen molar-refractivity contribution in [2.24, 2.45) is 0 Å². The van der Waals surface area contributed by atoms with Crippen molar-refractivity contribution in [1.82, 2.24) is 4.90 Å². The molecule has 2 amide bonds. The third-order valence-electron chi connectivity index (χ3n) is 4.06. The quantitative estimate of drug-likeness (QED) is 0.690. The van der Waals surface area contributed by atoms with E-state index in [-0.39, 0.29) is 17.9 Å². The van der Waals surface area contributed by atoms with Crippen LogP contribution in [0.2, 0.25) is 0 Å². The lowest BCUT2D eigenvalue weighted by atomic mass is 10.1. The van der Waals surface area contributed by atoms with E-state index >= 15 is 0 Å². The summed E-state index contributed by atoms with van der Waals surface area (Å²) in [6, 6.07) is 12.5. The van der Waals surface area contributed by atoms with Gasteiger partial charge in [0.05, 0.1) is 23.8 Å². The van der Waals surface area contributed by atoms with Crippen molar-refractivity contribution < 1.29 is 19.1 Å². The van der Waals surface area contributed by atoms with Crippen LogP contribution in [0.5, 0.6) is 5.75 Å². The number of carbonyl (C=O) groups is 2. The fourth-order valence-electron chi connectivity index (χ4n) is 2.79. The molecule has 1 atom stereocenters. The Kier molecular flexibility index (Phi) is 5.20. The third kappa shape index (κ3) is 3.60. The topological polar surface area (TPSA) is 55.8 Å². The number of imide groups is 1. The normalized spacial score (nSPS) is 14.6. The van der Waals surface area contributed by atoms with Crippen molar-refractivity contribution in [3.05, 3.63) is 63.6 Å². The van der Waals surface area contributed by atoms with Crippen molar-refractivity contribution in [2.75, 3.05) is 13.7 Å². The maximum Gasteiger partial charge on any atom is 0.262 e. The predicted molar refractivity (Wildman–Crippen MR) is 96.8 cm³/mol. The molecule has 2 aromatic rings. The minimum Gasteiger partial charge on any atom is -0.489 e. The molecule has 130 valence electrons. The molecule has 25 heavy (non-hydrogen) atoms. The SMILES string of the molecule is COCC(C)N1C(=O)c2ccc(OCc3ccc(Br)cc3)cc2C1=O. The van der Waals surface area contributed by atoms with Gasteiger partial charge in [0.2, 0.25) is 0 Å². The zero-order valence-electron chi connectivity index (χ0n) is 14.0. The van der Waals surface area contributed by atoms with Gasteiger partial charge in [0.25, 0.3) is 11.8 Å². The van der Waals surface area contributed by atoms with Crippen molar-refractivity contribution in [3.8, 4) is 5.75 Å². The van der Waals surface area contributed by atoms with Gasteiger partial charge in [-0.3, -0.25) is 14.5 Å². The van der Waals surface area contributed by atoms with E-state index in [9.17, 15) is 9.59 Å². The molecule has 0 radical (unpaired) electrons. The number of fused-ring (bicyclic) bond motifs is 1. The van der Waals surface area contributed by atoms with Crippen LogP contribution in [-0.2, 0) is 11.3 Å². The smallest absolute Gasteiger partial charge is 0.262 e. The zero-order chi connectivity index (χ0) is 18.0. The molecule has 0 fully saturated rings. The zero-order valence-corrected chi connectivity index (χ0v) is 15.6. The lowest BCUT2D eigenvalue weighted by Gasteiger charge is -2.21. The summed E-state index contributed by atoms with van der Waals surface area (Å²) in [5, 5.41) is 0. The first-order valence-corrected chi connectivity index (χ1v) is 8.68. The van der Waals surface area contributed by atoms with Gasteiger partial charge in [0.15, 0.2) is 0 Å². The lowest BCUT2D eigenvalue weighted by molar-refractivity contribution is 0.0497. The van der Waals surface area contributed by atoms with Crippen LogP contribution in [0.1, 0.15) is 33.2 Å². The second-order valence-corrected chi connectivity index (χ2v) is 6.82. The number of halogens is 1. The number of hydrogen-bond acceptors (Lipinski definition) is 4. The van der Waals surface area contributed by atoms with Gasteiger partial charge < -0.3 is 9.47 Å². The summed E-state index contributed by atoms with van der Waals surface area (Å²) < 4.78 is 11.8. The Morgan fingerprint density at radius 3 is 2.40 bits per heavy atom. The Morgan fingerprint density at radius 1 is 1.04 bits per heavy atom. The highest BCUT2D eigenvalue weighted by Crippen LogP contribution is 2.28. The maximum absolute atomic E-state index is 12.6. The average Bonchev–Trinajstić information content (AvgIpc) is 2.85. The summed E-state index contributed by atoms with van der Waals surface area (Å²) in [6.45, 7) is 2.48. The second-order valence-electron chi connectivity index (χ2n) is 5.91. The molecule has 3 rings (SSSR count). The standard InChI is InChI=1S/C19H18BrNO4/c1-12(10-24-2)21-18(22)16-8-7-15(9-17(16)19(21)23)25-11-13-3-5-14(20)6-4-13/h3-9,12H,10-11H2,1-2H3. The molecule has 0 bridgehead atoms. The average molecular weight is 404 g/mol. The van der Waals surface area contributed by atoms with Crippen LogP contribution in [-0.4, -0.2) is 36.5 Å². The molecule has 1 heterocycles. The summed E-state index contributed by atoms with van der Waals surface area (Å²) in [6.07, 6.45) is 0. The highest BCUT2D eigenvalue weighted by Gasteiger charge is 2.38. The highest BCUT2D eigenvalue weighted by molar-refractivity contribution is 9.10. The molecular weight excluding hydrogens is 386 g/mol. The molecule has 1 unspecified atom stereocenters. The van der Waals surface area contributed by atoms with Crippen LogP contribution >= 0.6 is 15.9 Å². The van der Waals surface area contributed by atoms with Crippen LogP contribution in [0, 0.1) is 0 Å². The fraction of sp³-hybridized carbons (Fsp3) is 0.263. The van der Waals surface area contributed by atoms with Gasteiger partial charge in [0, 0.05) is 11.6 Å². The van der Waals surface area contributed by atoms with E-state index in [1.165, 1.54) is 4.90 Å².